The summed E-state index contributed by atoms with van der Waals surface area (Å²) in [5.74, 6) is 5.70. The van der Waals surface area contributed by atoms with Crippen LogP contribution in [0, 0.1) is 35.5 Å². The van der Waals surface area contributed by atoms with E-state index in [4.69, 9.17) is 11.5 Å². The van der Waals surface area contributed by atoms with Gasteiger partial charge in [0.25, 0.3) is 0 Å². The molecule has 2 aliphatic heterocycles. The Morgan fingerprint density at radius 3 is 1.71 bits per heavy atom. The molecule has 0 aromatic carbocycles. The molecule has 5 N–H and O–H groups in total. The second kappa shape index (κ2) is 10.9. The fraction of sp³-hybridized carbons (Fsp3) is 1.00. The van der Waals surface area contributed by atoms with Gasteiger partial charge in [-0.05, 0) is 138 Å². The molecule has 0 radical (unpaired) electrons. The molecule has 2 heterocycles. The summed E-state index contributed by atoms with van der Waals surface area (Å²) < 4.78 is 0. The van der Waals surface area contributed by atoms with Crippen LogP contribution in [0.15, 0.2) is 0 Å². The van der Waals surface area contributed by atoms with Gasteiger partial charge in [0.1, 0.15) is 0 Å². The van der Waals surface area contributed by atoms with Gasteiger partial charge in [-0.25, -0.2) is 0 Å². The highest BCUT2D eigenvalue weighted by atomic mass is 15.2. The van der Waals surface area contributed by atoms with Crippen molar-refractivity contribution in [1.82, 2.24) is 10.2 Å². The lowest BCUT2D eigenvalue weighted by atomic mass is 9.63. The largest absolute Gasteiger partial charge is 0.328 e. The number of nitrogens with two attached hydrogens (primary N) is 2. The number of fused-ring (bicyclic) bond motifs is 3. The highest BCUT2D eigenvalue weighted by Gasteiger charge is 2.52. The maximum Gasteiger partial charge on any atom is 0.0130 e. The maximum absolute atomic E-state index is 6.32. The number of likely N-dealkylation sites (tertiary alicyclic amines) is 1. The summed E-state index contributed by atoms with van der Waals surface area (Å²) in [6.45, 7) is 3.73. The van der Waals surface area contributed by atoms with Crippen LogP contribution in [0.3, 0.4) is 0 Å². The molecular weight excluding hydrogens is 428 g/mol. The lowest BCUT2D eigenvalue weighted by molar-refractivity contribution is 0.0533. The standard InChI is InChI=1S/C31H56N4/c1-2-35-30-6-4-3-5-26(30)27-17-22(11-16-31(27)35)23-18-28(20-7-12-24(32)13-8-20)34-29(19-23)21-9-14-25(33)15-10-21/h20-31,34H,2-19,32-33H2,1H3. The average Bonchev–Trinajstić information content (AvgIpc) is 3.22. The van der Waals surface area contributed by atoms with E-state index >= 15 is 0 Å². The molecule has 6 rings (SSSR count). The molecule has 6 fully saturated rings. The summed E-state index contributed by atoms with van der Waals surface area (Å²) >= 11 is 0. The normalized spacial score (nSPS) is 51.5. The monoisotopic (exact) mass is 484 g/mol. The third-order valence-electron chi connectivity index (χ3n) is 12.4. The molecular formula is C31H56N4. The van der Waals surface area contributed by atoms with Crippen LogP contribution in [-0.2, 0) is 0 Å². The summed E-state index contributed by atoms with van der Waals surface area (Å²) in [5.41, 5.74) is 12.6. The first-order valence-electron chi connectivity index (χ1n) is 16.1. The molecule has 7 unspecified atom stereocenters. The third kappa shape index (κ3) is 5.12. The van der Waals surface area contributed by atoms with Gasteiger partial charge in [0.2, 0.25) is 0 Å². The molecule has 0 spiro atoms. The molecule has 200 valence electrons. The van der Waals surface area contributed by atoms with Gasteiger partial charge in [0, 0.05) is 36.3 Å². The number of piperidine rings is 1. The number of hydrogen-bond donors (Lipinski definition) is 3. The Kier molecular flexibility index (Phi) is 7.83. The van der Waals surface area contributed by atoms with E-state index in [0.29, 0.717) is 12.1 Å². The summed E-state index contributed by atoms with van der Waals surface area (Å²) in [6.07, 6.45) is 23.9. The quantitative estimate of drug-likeness (QED) is 0.497. The van der Waals surface area contributed by atoms with Gasteiger partial charge in [-0.3, -0.25) is 4.90 Å². The fourth-order valence-corrected chi connectivity index (χ4v) is 10.6. The fourth-order valence-electron chi connectivity index (χ4n) is 10.6. The summed E-state index contributed by atoms with van der Waals surface area (Å²) in [4.78, 5) is 2.98. The highest BCUT2D eigenvalue weighted by Crippen LogP contribution is 2.53. The van der Waals surface area contributed by atoms with Crippen molar-refractivity contribution in [2.45, 2.75) is 152 Å². The second-order valence-electron chi connectivity index (χ2n) is 14.1. The third-order valence-corrected chi connectivity index (χ3v) is 12.4. The number of nitrogens with zero attached hydrogens (tertiary/aromatic N) is 1. The Labute approximate surface area is 216 Å². The van der Waals surface area contributed by atoms with Crippen molar-refractivity contribution < 1.29 is 0 Å². The van der Waals surface area contributed by atoms with Crippen molar-refractivity contribution in [2.24, 2.45) is 47.0 Å². The zero-order chi connectivity index (χ0) is 23.9. The van der Waals surface area contributed by atoms with Crippen molar-refractivity contribution in [3.05, 3.63) is 0 Å². The van der Waals surface area contributed by atoms with Crippen molar-refractivity contribution in [2.75, 3.05) is 6.54 Å². The molecule has 4 aliphatic carbocycles. The van der Waals surface area contributed by atoms with E-state index in [9.17, 15) is 0 Å². The number of hydrogen-bond acceptors (Lipinski definition) is 4. The van der Waals surface area contributed by atoms with E-state index in [1.54, 1.807) is 6.42 Å². The van der Waals surface area contributed by atoms with E-state index in [2.05, 4.69) is 17.1 Å². The van der Waals surface area contributed by atoms with Crippen LogP contribution < -0.4 is 16.8 Å². The van der Waals surface area contributed by atoms with Gasteiger partial charge in [-0.2, -0.15) is 0 Å². The van der Waals surface area contributed by atoms with Crippen LogP contribution in [0.5, 0.6) is 0 Å². The van der Waals surface area contributed by atoms with Crippen molar-refractivity contribution in [3.8, 4) is 0 Å². The smallest absolute Gasteiger partial charge is 0.0130 e. The van der Waals surface area contributed by atoms with E-state index in [-0.39, 0.29) is 0 Å². The molecule has 7 atom stereocenters. The van der Waals surface area contributed by atoms with Crippen molar-refractivity contribution in [3.63, 3.8) is 0 Å². The van der Waals surface area contributed by atoms with Gasteiger partial charge in [-0.1, -0.05) is 19.8 Å². The zero-order valence-electron chi connectivity index (χ0n) is 22.8. The minimum Gasteiger partial charge on any atom is -0.328 e. The van der Waals surface area contributed by atoms with Crippen LogP contribution in [0.25, 0.3) is 0 Å². The van der Waals surface area contributed by atoms with Gasteiger partial charge in [0.15, 0.2) is 0 Å². The average molecular weight is 485 g/mol. The van der Waals surface area contributed by atoms with Crippen LogP contribution >= 0.6 is 0 Å². The first-order chi connectivity index (χ1) is 17.1. The molecule has 35 heavy (non-hydrogen) atoms. The summed E-state index contributed by atoms with van der Waals surface area (Å²) in [7, 11) is 0. The Morgan fingerprint density at radius 1 is 0.571 bits per heavy atom. The molecule has 4 heteroatoms. The topological polar surface area (TPSA) is 67.3 Å². The SMILES string of the molecule is CCN1C2CCCCC2C2CC(C3CC(C4CCC(N)CC4)NC(C4CCC(N)CC4)C3)CCC21. The number of nitrogens with one attached hydrogen (secondary N) is 1. The minimum atomic E-state index is 0.462. The predicted molar refractivity (Wildman–Crippen MR) is 146 cm³/mol. The first-order valence-corrected chi connectivity index (χ1v) is 16.1. The summed E-state index contributed by atoms with van der Waals surface area (Å²) in [6, 6.07) is 4.26. The van der Waals surface area contributed by atoms with Crippen LogP contribution in [0.2, 0.25) is 0 Å². The van der Waals surface area contributed by atoms with E-state index < -0.39 is 0 Å². The lowest BCUT2D eigenvalue weighted by Gasteiger charge is -2.49. The highest BCUT2D eigenvalue weighted by molar-refractivity contribution is 5.05. The van der Waals surface area contributed by atoms with E-state index in [1.165, 1.54) is 109 Å². The molecule has 0 aromatic heterocycles. The van der Waals surface area contributed by atoms with Crippen molar-refractivity contribution in [1.29, 1.82) is 0 Å². The van der Waals surface area contributed by atoms with Gasteiger partial charge in [-0.15, -0.1) is 0 Å². The predicted octanol–water partition coefficient (Wildman–Crippen LogP) is 5.44. The number of rotatable bonds is 4. The van der Waals surface area contributed by atoms with Crippen LogP contribution in [0.4, 0.5) is 0 Å². The minimum absolute atomic E-state index is 0.462. The molecule has 2 saturated heterocycles. The molecule has 4 nitrogen and oxygen atoms in total. The van der Waals surface area contributed by atoms with Crippen LogP contribution in [0.1, 0.15) is 116 Å². The summed E-state index contributed by atoms with van der Waals surface area (Å²) in [5, 5.41) is 4.31. The Balaban J connectivity index is 1.17. The Morgan fingerprint density at radius 2 is 1.11 bits per heavy atom. The van der Waals surface area contributed by atoms with Gasteiger partial charge < -0.3 is 16.8 Å². The van der Waals surface area contributed by atoms with Gasteiger partial charge >= 0.3 is 0 Å². The Bertz CT molecular complexity index is 645. The molecule has 6 aliphatic rings. The van der Waals surface area contributed by atoms with E-state index in [1.807, 2.05) is 0 Å². The zero-order valence-corrected chi connectivity index (χ0v) is 22.8. The lowest BCUT2D eigenvalue weighted by Crippen LogP contribution is -2.55. The van der Waals surface area contributed by atoms with E-state index in [0.717, 1.165) is 59.7 Å². The maximum atomic E-state index is 6.32. The Hall–Kier alpha value is -0.160. The molecule has 0 bridgehead atoms. The molecule has 0 aromatic rings. The molecule has 4 saturated carbocycles. The van der Waals surface area contributed by atoms with Crippen LogP contribution in [-0.4, -0.2) is 47.7 Å². The molecule has 0 amide bonds. The van der Waals surface area contributed by atoms with Gasteiger partial charge in [0.05, 0.1) is 0 Å². The first kappa shape index (κ1) is 25.1. The second-order valence-corrected chi connectivity index (χ2v) is 14.1. The van der Waals surface area contributed by atoms with Crippen molar-refractivity contribution >= 4 is 0 Å².